The number of phenols is 1. The zero-order valence-electron chi connectivity index (χ0n) is 9.86. The van der Waals surface area contributed by atoms with E-state index in [0.29, 0.717) is 11.8 Å². The Morgan fingerprint density at radius 1 is 1.44 bits per heavy atom. The van der Waals surface area contributed by atoms with Gasteiger partial charge in [0.05, 0.1) is 7.11 Å². The Hall–Kier alpha value is -0.930. The van der Waals surface area contributed by atoms with Crippen LogP contribution in [0.15, 0.2) is 12.1 Å². The first-order valence-electron chi connectivity index (χ1n) is 5.23. The van der Waals surface area contributed by atoms with Crippen molar-refractivity contribution in [3.63, 3.8) is 0 Å². The van der Waals surface area contributed by atoms with Crippen LogP contribution in [0.5, 0.6) is 11.5 Å². The van der Waals surface area contributed by atoms with Gasteiger partial charge in [0, 0.05) is 12.6 Å². The number of hydrogen-bond donors (Lipinski definition) is 1. The summed E-state index contributed by atoms with van der Waals surface area (Å²) in [6, 6.07) is 4.15. The number of aromatic hydroxyl groups is 1. The maximum atomic E-state index is 9.73. The predicted octanol–water partition coefficient (Wildman–Crippen LogP) is 2.37. The Labute approximate surface area is 102 Å². The number of nitrogens with zero attached hydrogens (tertiary/aromatic N) is 1. The van der Waals surface area contributed by atoms with E-state index in [1.54, 1.807) is 7.11 Å². The van der Waals surface area contributed by atoms with Crippen molar-refractivity contribution in [3.8, 4) is 11.5 Å². The first-order valence-corrected chi connectivity index (χ1v) is 5.23. The average Bonchev–Trinajstić information content (AvgIpc) is 2.24. The SMILES string of the molecule is COc1cc2c(cc1O)[C@H](C)N(C)CC2.Cl. The van der Waals surface area contributed by atoms with Crippen molar-refractivity contribution in [3.05, 3.63) is 23.3 Å². The molecule has 1 aromatic rings. The average molecular weight is 244 g/mol. The van der Waals surface area contributed by atoms with Crippen molar-refractivity contribution >= 4 is 12.4 Å². The predicted molar refractivity (Wildman–Crippen MR) is 66.7 cm³/mol. The Morgan fingerprint density at radius 3 is 2.75 bits per heavy atom. The van der Waals surface area contributed by atoms with E-state index < -0.39 is 0 Å². The fourth-order valence-corrected chi connectivity index (χ4v) is 2.12. The Balaban J connectivity index is 0.00000128. The van der Waals surface area contributed by atoms with E-state index in [9.17, 15) is 5.11 Å². The minimum absolute atomic E-state index is 0. The van der Waals surface area contributed by atoms with Crippen molar-refractivity contribution in [1.82, 2.24) is 4.90 Å². The van der Waals surface area contributed by atoms with Gasteiger partial charge in [-0.1, -0.05) is 0 Å². The second kappa shape index (κ2) is 4.93. The van der Waals surface area contributed by atoms with E-state index in [-0.39, 0.29) is 18.2 Å². The molecular weight excluding hydrogens is 226 g/mol. The molecule has 1 aliphatic rings. The number of fused-ring (bicyclic) bond motifs is 1. The molecule has 1 heterocycles. The van der Waals surface area contributed by atoms with Gasteiger partial charge in [-0.15, -0.1) is 12.4 Å². The highest BCUT2D eigenvalue weighted by molar-refractivity contribution is 5.85. The summed E-state index contributed by atoms with van der Waals surface area (Å²) >= 11 is 0. The summed E-state index contributed by atoms with van der Waals surface area (Å²) in [5, 5.41) is 9.73. The molecule has 0 spiro atoms. The van der Waals surface area contributed by atoms with E-state index in [4.69, 9.17) is 4.74 Å². The van der Waals surface area contributed by atoms with Gasteiger partial charge in [-0.2, -0.15) is 0 Å². The highest BCUT2D eigenvalue weighted by atomic mass is 35.5. The molecule has 0 radical (unpaired) electrons. The van der Waals surface area contributed by atoms with E-state index in [0.717, 1.165) is 13.0 Å². The van der Waals surface area contributed by atoms with E-state index >= 15 is 0 Å². The third kappa shape index (κ3) is 2.11. The third-order valence-corrected chi connectivity index (χ3v) is 3.29. The van der Waals surface area contributed by atoms with Gasteiger partial charge in [0.1, 0.15) is 0 Å². The van der Waals surface area contributed by atoms with Crippen LogP contribution in [0.3, 0.4) is 0 Å². The number of methoxy groups -OCH3 is 1. The molecule has 1 aromatic carbocycles. The third-order valence-electron chi connectivity index (χ3n) is 3.29. The number of ether oxygens (including phenoxy) is 1. The minimum atomic E-state index is 0. The topological polar surface area (TPSA) is 32.7 Å². The molecule has 3 nitrogen and oxygen atoms in total. The highest BCUT2D eigenvalue weighted by Gasteiger charge is 2.22. The summed E-state index contributed by atoms with van der Waals surface area (Å²) < 4.78 is 5.11. The fourth-order valence-electron chi connectivity index (χ4n) is 2.12. The molecular formula is C12H18ClNO2. The highest BCUT2D eigenvalue weighted by Crippen LogP contribution is 2.36. The van der Waals surface area contributed by atoms with E-state index in [2.05, 4.69) is 18.9 Å². The monoisotopic (exact) mass is 243 g/mol. The quantitative estimate of drug-likeness (QED) is 0.822. The van der Waals surface area contributed by atoms with Gasteiger partial charge in [0.2, 0.25) is 0 Å². The summed E-state index contributed by atoms with van der Waals surface area (Å²) in [5.74, 6) is 0.809. The summed E-state index contributed by atoms with van der Waals surface area (Å²) in [5.41, 5.74) is 2.50. The Bertz CT molecular complexity index is 382. The number of halogens is 1. The van der Waals surface area contributed by atoms with Gasteiger partial charge >= 0.3 is 0 Å². The van der Waals surface area contributed by atoms with Crippen molar-refractivity contribution in [2.24, 2.45) is 0 Å². The molecule has 0 saturated heterocycles. The van der Waals surface area contributed by atoms with Crippen LogP contribution >= 0.6 is 12.4 Å². The van der Waals surface area contributed by atoms with Crippen molar-refractivity contribution < 1.29 is 9.84 Å². The molecule has 0 bridgehead atoms. The molecule has 0 saturated carbocycles. The second-order valence-corrected chi connectivity index (χ2v) is 4.13. The minimum Gasteiger partial charge on any atom is -0.504 e. The lowest BCUT2D eigenvalue weighted by Crippen LogP contribution is -2.30. The molecule has 1 N–H and O–H groups in total. The number of rotatable bonds is 1. The molecule has 16 heavy (non-hydrogen) atoms. The van der Waals surface area contributed by atoms with Crippen LogP contribution in [0.4, 0.5) is 0 Å². The fraction of sp³-hybridized carbons (Fsp3) is 0.500. The maximum Gasteiger partial charge on any atom is 0.160 e. The zero-order chi connectivity index (χ0) is 11.0. The van der Waals surface area contributed by atoms with Gasteiger partial charge in [-0.05, 0) is 43.7 Å². The standard InChI is InChI=1S/C12H17NO2.ClH/c1-8-10-7-11(14)12(15-3)6-9(10)4-5-13(8)2;/h6-8,14H,4-5H2,1-3H3;1H/t8-;/m0./s1. The molecule has 0 amide bonds. The van der Waals surface area contributed by atoms with Crippen LogP contribution in [0, 0.1) is 0 Å². The van der Waals surface area contributed by atoms with Crippen LogP contribution < -0.4 is 4.74 Å². The van der Waals surface area contributed by atoms with Crippen LogP contribution in [0.25, 0.3) is 0 Å². The molecule has 90 valence electrons. The number of likely N-dealkylation sites (N-methyl/N-ethyl adjacent to an activating group) is 1. The lowest BCUT2D eigenvalue weighted by atomic mass is 9.93. The van der Waals surface area contributed by atoms with Gasteiger partial charge < -0.3 is 9.84 Å². The van der Waals surface area contributed by atoms with E-state index in [1.807, 2.05) is 12.1 Å². The summed E-state index contributed by atoms with van der Waals surface area (Å²) in [7, 11) is 3.69. The first kappa shape index (κ1) is 13.1. The molecule has 2 rings (SSSR count). The molecule has 4 heteroatoms. The zero-order valence-corrected chi connectivity index (χ0v) is 10.7. The lowest BCUT2D eigenvalue weighted by molar-refractivity contribution is 0.246. The van der Waals surface area contributed by atoms with Crippen LogP contribution in [-0.2, 0) is 6.42 Å². The van der Waals surface area contributed by atoms with E-state index in [1.165, 1.54) is 11.1 Å². The molecule has 0 unspecified atom stereocenters. The van der Waals surface area contributed by atoms with Crippen LogP contribution in [0.2, 0.25) is 0 Å². The largest absolute Gasteiger partial charge is 0.504 e. The smallest absolute Gasteiger partial charge is 0.160 e. The normalized spacial score (nSPS) is 19.8. The number of benzene rings is 1. The van der Waals surface area contributed by atoms with Crippen molar-refractivity contribution in [2.75, 3.05) is 20.7 Å². The van der Waals surface area contributed by atoms with Crippen LogP contribution in [0.1, 0.15) is 24.1 Å². The molecule has 0 aromatic heterocycles. The molecule has 0 fully saturated rings. The second-order valence-electron chi connectivity index (χ2n) is 4.13. The van der Waals surface area contributed by atoms with Gasteiger partial charge in [0.25, 0.3) is 0 Å². The maximum absolute atomic E-state index is 9.73. The van der Waals surface area contributed by atoms with Crippen molar-refractivity contribution in [2.45, 2.75) is 19.4 Å². The molecule has 1 aliphatic heterocycles. The lowest BCUT2D eigenvalue weighted by Gasteiger charge is -2.32. The number of phenolic OH excluding ortho intramolecular Hbond substituents is 1. The first-order chi connectivity index (χ1) is 7.13. The summed E-state index contributed by atoms with van der Waals surface area (Å²) in [6.45, 7) is 3.21. The number of hydrogen-bond acceptors (Lipinski definition) is 3. The molecule has 0 aliphatic carbocycles. The van der Waals surface area contributed by atoms with Gasteiger partial charge in [0.15, 0.2) is 11.5 Å². The van der Waals surface area contributed by atoms with Crippen molar-refractivity contribution in [1.29, 1.82) is 0 Å². The van der Waals surface area contributed by atoms with Crippen LogP contribution in [-0.4, -0.2) is 30.7 Å². The summed E-state index contributed by atoms with van der Waals surface area (Å²) in [6.07, 6.45) is 1.02. The van der Waals surface area contributed by atoms with Gasteiger partial charge in [-0.3, -0.25) is 4.90 Å². The Morgan fingerprint density at radius 2 is 2.12 bits per heavy atom. The summed E-state index contributed by atoms with van der Waals surface area (Å²) in [4.78, 5) is 2.29. The van der Waals surface area contributed by atoms with Gasteiger partial charge in [-0.25, -0.2) is 0 Å². The molecule has 1 atom stereocenters. The Kier molecular flexibility index (Phi) is 4.05.